The number of hydrogen-bond donors (Lipinski definition) is 3. The molecule has 0 aromatic heterocycles. The van der Waals surface area contributed by atoms with E-state index in [1.807, 2.05) is 24.3 Å². The van der Waals surface area contributed by atoms with Gasteiger partial charge in [0.25, 0.3) is 0 Å². The zero-order valence-corrected chi connectivity index (χ0v) is 20.5. The Bertz CT molecular complexity index is 1060. The minimum Gasteiger partial charge on any atom is -0.480 e. The van der Waals surface area contributed by atoms with Crippen LogP contribution >= 0.6 is 0 Å². The Labute approximate surface area is 206 Å². The molecule has 2 amide bonds. The Morgan fingerprint density at radius 1 is 1.00 bits per heavy atom. The molecule has 0 spiro atoms. The number of carboxylic acid groups (broad SMARTS) is 1. The molecule has 0 radical (unpaired) electrons. The van der Waals surface area contributed by atoms with Gasteiger partial charge < -0.3 is 20.5 Å². The van der Waals surface area contributed by atoms with Crippen molar-refractivity contribution in [3.05, 3.63) is 59.7 Å². The lowest BCUT2D eigenvalue weighted by molar-refractivity contribution is -0.145. The highest BCUT2D eigenvalue weighted by Gasteiger charge is 2.35. The van der Waals surface area contributed by atoms with E-state index in [0.717, 1.165) is 12.8 Å². The molecule has 2 aliphatic rings. The van der Waals surface area contributed by atoms with Crippen molar-refractivity contribution < 1.29 is 24.2 Å². The Morgan fingerprint density at radius 3 is 2.17 bits per heavy atom. The number of nitrogens with one attached hydrogen (secondary N) is 2. The molecule has 186 valence electrons. The van der Waals surface area contributed by atoms with Gasteiger partial charge in [0.1, 0.15) is 12.6 Å². The van der Waals surface area contributed by atoms with Crippen molar-refractivity contribution >= 4 is 18.0 Å². The van der Waals surface area contributed by atoms with Gasteiger partial charge in [0.2, 0.25) is 5.91 Å². The fraction of sp³-hybridized carbons (Fsp3) is 0.464. The molecule has 4 rings (SSSR count). The molecule has 7 heteroatoms. The molecule has 0 bridgehead atoms. The fourth-order valence-corrected chi connectivity index (χ4v) is 5.33. The summed E-state index contributed by atoms with van der Waals surface area (Å²) in [6.07, 6.45) is 2.05. The Kier molecular flexibility index (Phi) is 7.15. The van der Waals surface area contributed by atoms with Gasteiger partial charge in [-0.1, -0.05) is 69.3 Å². The highest BCUT2D eigenvalue weighted by molar-refractivity contribution is 5.84. The van der Waals surface area contributed by atoms with Crippen LogP contribution in [0.3, 0.4) is 0 Å². The zero-order valence-electron chi connectivity index (χ0n) is 20.5. The van der Waals surface area contributed by atoms with Crippen LogP contribution in [-0.2, 0) is 14.3 Å². The van der Waals surface area contributed by atoms with Crippen molar-refractivity contribution in [1.29, 1.82) is 0 Å². The summed E-state index contributed by atoms with van der Waals surface area (Å²) in [6, 6.07) is 15.4. The number of carboxylic acids is 1. The quantitative estimate of drug-likeness (QED) is 0.535. The number of carbonyl (C=O) groups excluding carboxylic acids is 2. The van der Waals surface area contributed by atoms with Crippen LogP contribution in [0.2, 0.25) is 0 Å². The van der Waals surface area contributed by atoms with Crippen LogP contribution in [0.1, 0.15) is 63.5 Å². The number of hydrogen-bond acceptors (Lipinski definition) is 4. The minimum atomic E-state index is -1.04. The molecular formula is C28H34N2O5. The third kappa shape index (κ3) is 5.66. The van der Waals surface area contributed by atoms with Gasteiger partial charge >= 0.3 is 12.1 Å². The van der Waals surface area contributed by atoms with Gasteiger partial charge in [-0.3, -0.25) is 4.79 Å². The Hall–Kier alpha value is -3.35. The third-order valence-corrected chi connectivity index (χ3v) is 7.10. The van der Waals surface area contributed by atoms with E-state index in [4.69, 9.17) is 4.74 Å². The topological polar surface area (TPSA) is 105 Å². The van der Waals surface area contributed by atoms with Crippen LogP contribution < -0.4 is 10.6 Å². The second kappa shape index (κ2) is 10.1. The summed E-state index contributed by atoms with van der Waals surface area (Å²) in [5.41, 5.74) is 4.13. The standard InChI is InChI=1S/C28H34N2O5/c1-28(2,3)25(26(32)33)30-24(31)15-17-12-13-18(14-17)29-27(34)35-16-23-21-10-6-4-8-19(21)20-9-5-7-11-22(20)23/h4-11,17-18,23,25H,12-16H2,1-3H3,(H,29,34)(H,30,31)(H,32,33). The van der Waals surface area contributed by atoms with Gasteiger partial charge in [0.05, 0.1) is 0 Å². The average Bonchev–Trinajstić information content (AvgIpc) is 3.37. The normalized spacial score (nSPS) is 20.0. The molecule has 0 saturated heterocycles. The first kappa shape index (κ1) is 24.8. The Balaban J connectivity index is 1.26. The number of ether oxygens (including phenoxy) is 1. The van der Waals surface area contributed by atoms with Gasteiger partial charge in [0, 0.05) is 18.4 Å². The molecule has 1 fully saturated rings. The summed E-state index contributed by atoms with van der Waals surface area (Å²) in [4.78, 5) is 36.5. The first-order valence-corrected chi connectivity index (χ1v) is 12.3. The van der Waals surface area contributed by atoms with Crippen molar-refractivity contribution in [2.75, 3.05) is 6.61 Å². The summed E-state index contributed by atoms with van der Waals surface area (Å²) >= 11 is 0. The first-order valence-electron chi connectivity index (χ1n) is 12.3. The number of fused-ring (bicyclic) bond motifs is 3. The van der Waals surface area contributed by atoms with Crippen molar-refractivity contribution in [2.45, 2.75) is 64.5 Å². The van der Waals surface area contributed by atoms with Crippen LogP contribution in [0.25, 0.3) is 11.1 Å². The van der Waals surface area contributed by atoms with Gasteiger partial charge in [-0.05, 0) is 52.8 Å². The summed E-state index contributed by atoms with van der Waals surface area (Å²) in [5.74, 6) is -1.19. The summed E-state index contributed by atoms with van der Waals surface area (Å²) in [6.45, 7) is 5.63. The second-order valence-corrected chi connectivity index (χ2v) is 10.8. The number of alkyl carbamates (subject to hydrolysis) is 1. The predicted molar refractivity (Wildman–Crippen MR) is 133 cm³/mol. The molecule has 35 heavy (non-hydrogen) atoms. The van der Waals surface area contributed by atoms with E-state index in [-0.39, 0.29) is 36.8 Å². The number of aliphatic carboxylic acids is 1. The molecule has 2 aliphatic carbocycles. The van der Waals surface area contributed by atoms with Crippen LogP contribution in [0, 0.1) is 11.3 Å². The minimum absolute atomic E-state index is 0.0122. The lowest BCUT2D eigenvalue weighted by atomic mass is 9.86. The largest absolute Gasteiger partial charge is 0.480 e. The van der Waals surface area contributed by atoms with Gasteiger partial charge in [-0.15, -0.1) is 0 Å². The Morgan fingerprint density at radius 2 is 1.60 bits per heavy atom. The highest BCUT2D eigenvalue weighted by Crippen LogP contribution is 2.44. The molecule has 7 nitrogen and oxygen atoms in total. The molecule has 2 aromatic carbocycles. The summed E-state index contributed by atoms with van der Waals surface area (Å²) in [7, 11) is 0. The van der Waals surface area contributed by atoms with E-state index in [0.29, 0.717) is 6.42 Å². The molecule has 3 atom stereocenters. The maximum atomic E-state index is 12.6. The van der Waals surface area contributed by atoms with Crippen LogP contribution in [0.4, 0.5) is 4.79 Å². The fourth-order valence-electron chi connectivity index (χ4n) is 5.33. The molecule has 0 heterocycles. The van der Waals surface area contributed by atoms with Crippen molar-refractivity contribution in [2.24, 2.45) is 11.3 Å². The van der Waals surface area contributed by atoms with Gasteiger partial charge in [-0.2, -0.15) is 0 Å². The van der Waals surface area contributed by atoms with Gasteiger partial charge in [0.15, 0.2) is 0 Å². The van der Waals surface area contributed by atoms with Gasteiger partial charge in [-0.25, -0.2) is 9.59 Å². The lowest BCUT2D eigenvalue weighted by Gasteiger charge is -2.28. The third-order valence-electron chi connectivity index (χ3n) is 7.10. The number of amides is 2. The summed E-state index contributed by atoms with van der Waals surface area (Å²) < 4.78 is 5.64. The van der Waals surface area contributed by atoms with Crippen molar-refractivity contribution in [3.8, 4) is 11.1 Å². The molecule has 3 unspecified atom stereocenters. The van der Waals surface area contributed by atoms with E-state index in [9.17, 15) is 19.5 Å². The molecule has 3 N–H and O–H groups in total. The molecule has 2 aromatic rings. The van der Waals surface area contributed by atoms with Crippen molar-refractivity contribution in [1.82, 2.24) is 10.6 Å². The predicted octanol–water partition coefficient (Wildman–Crippen LogP) is 4.70. The highest BCUT2D eigenvalue weighted by atomic mass is 16.5. The maximum Gasteiger partial charge on any atom is 0.407 e. The SMILES string of the molecule is CC(C)(C)C(NC(=O)CC1CCC(NC(=O)OCC2c3ccccc3-c3ccccc32)C1)C(=O)O. The second-order valence-electron chi connectivity index (χ2n) is 10.8. The van der Waals surface area contributed by atoms with Crippen LogP contribution in [0.5, 0.6) is 0 Å². The van der Waals surface area contributed by atoms with E-state index >= 15 is 0 Å². The lowest BCUT2D eigenvalue weighted by Crippen LogP contribution is -2.49. The van der Waals surface area contributed by atoms with E-state index in [1.54, 1.807) is 20.8 Å². The molecule has 0 aliphatic heterocycles. The molecular weight excluding hydrogens is 444 g/mol. The van der Waals surface area contributed by atoms with Crippen LogP contribution in [0.15, 0.2) is 48.5 Å². The zero-order chi connectivity index (χ0) is 25.2. The van der Waals surface area contributed by atoms with E-state index in [1.165, 1.54) is 22.3 Å². The maximum absolute atomic E-state index is 12.6. The number of benzene rings is 2. The smallest absolute Gasteiger partial charge is 0.407 e. The number of carbonyl (C=O) groups is 3. The summed E-state index contributed by atoms with van der Waals surface area (Å²) in [5, 5.41) is 15.0. The van der Waals surface area contributed by atoms with E-state index in [2.05, 4.69) is 34.9 Å². The first-order chi connectivity index (χ1) is 16.6. The number of rotatable bonds is 7. The monoisotopic (exact) mass is 478 g/mol. The molecule has 1 saturated carbocycles. The van der Waals surface area contributed by atoms with Crippen molar-refractivity contribution in [3.63, 3.8) is 0 Å². The average molecular weight is 479 g/mol. The van der Waals surface area contributed by atoms with Crippen LogP contribution in [-0.4, -0.2) is 41.8 Å². The van der Waals surface area contributed by atoms with E-state index < -0.39 is 23.5 Å².